The van der Waals surface area contributed by atoms with Crippen LogP contribution in [0.3, 0.4) is 0 Å². The molecule has 0 fully saturated rings. The molecule has 0 atom stereocenters. The van der Waals surface area contributed by atoms with Crippen molar-refractivity contribution in [3.05, 3.63) is 65.7 Å². The van der Waals surface area contributed by atoms with Gasteiger partial charge in [0.2, 0.25) is 0 Å². The topological polar surface area (TPSA) is 53.7 Å². The fourth-order valence-electron chi connectivity index (χ4n) is 2.83. The summed E-state index contributed by atoms with van der Waals surface area (Å²) in [5, 5.41) is 4.48. The number of fused-ring (bicyclic) bond motifs is 1. The van der Waals surface area contributed by atoms with Gasteiger partial charge in [0.25, 0.3) is 0 Å². The molecule has 26 heavy (non-hydrogen) atoms. The van der Waals surface area contributed by atoms with E-state index in [-0.39, 0.29) is 0 Å². The van der Waals surface area contributed by atoms with Crippen LogP contribution in [0.4, 0.5) is 0 Å². The molecule has 0 spiro atoms. The molecule has 136 valence electrons. The number of guanidine groups is 1. The highest BCUT2D eigenvalue weighted by Crippen LogP contribution is 2.19. The van der Waals surface area contributed by atoms with Crippen LogP contribution in [-0.2, 0) is 13.0 Å². The van der Waals surface area contributed by atoms with Crippen molar-refractivity contribution in [3.63, 3.8) is 0 Å². The maximum atomic E-state index is 5.92. The fourth-order valence-corrected chi connectivity index (χ4v) is 2.83. The summed E-state index contributed by atoms with van der Waals surface area (Å²) in [6.07, 6.45) is 2.80. The number of pyridine rings is 1. The number of furan rings is 1. The maximum Gasteiger partial charge on any atom is 0.194 e. The molecular formula is C21H26N4O. The van der Waals surface area contributed by atoms with E-state index < -0.39 is 0 Å². The zero-order valence-electron chi connectivity index (χ0n) is 15.7. The third-order valence-corrected chi connectivity index (χ3v) is 4.20. The van der Waals surface area contributed by atoms with Gasteiger partial charge in [-0.1, -0.05) is 24.3 Å². The van der Waals surface area contributed by atoms with Crippen LogP contribution in [0.1, 0.15) is 23.9 Å². The van der Waals surface area contributed by atoms with E-state index in [1.54, 1.807) is 0 Å². The smallest absolute Gasteiger partial charge is 0.194 e. The Morgan fingerprint density at radius 2 is 2.08 bits per heavy atom. The number of hydrogen-bond acceptors (Lipinski definition) is 3. The predicted octanol–water partition coefficient (Wildman–Crippen LogP) is 3.78. The molecule has 1 aromatic carbocycles. The number of para-hydroxylation sites is 1. The molecular weight excluding hydrogens is 324 g/mol. The summed E-state index contributed by atoms with van der Waals surface area (Å²) in [6.45, 7) is 6.30. The standard InChI is InChI=1S/C21H26N4O/c1-4-22-21(23-12-11-17-10-9-16(2)24-14-17)25(3)15-19-13-18-7-5-6-8-20(18)26-19/h5-10,13-14H,4,11-12,15H2,1-3H3,(H,22,23). The van der Waals surface area contributed by atoms with Gasteiger partial charge in [-0.3, -0.25) is 9.98 Å². The molecule has 0 aliphatic heterocycles. The maximum absolute atomic E-state index is 5.92. The van der Waals surface area contributed by atoms with Crippen LogP contribution in [0.5, 0.6) is 0 Å². The summed E-state index contributed by atoms with van der Waals surface area (Å²) in [7, 11) is 2.03. The van der Waals surface area contributed by atoms with E-state index in [4.69, 9.17) is 9.41 Å². The van der Waals surface area contributed by atoms with Crippen LogP contribution in [0.25, 0.3) is 11.0 Å². The Kier molecular flexibility index (Phi) is 5.89. The Balaban J connectivity index is 1.64. The summed E-state index contributed by atoms with van der Waals surface area (Å²) in [4.78, 5) is 11.2. The van der Waals surface area contributed by atoms with Gasteiger partial charge in [-0.25, -0.2) is 0 Å². The molecule has 0 radical (unpaired) electrons. The van der Waals surface area contributed by atoms with E-state index in [2.05, 4.69) is 40.3 Å². The van der Waals surface area contributed by atoms with Gasteiger partial charge in [0.15, 0.2) is 5.96 Å². The molecule has 0 aliphatic carbocycles. The molecule has 0 amide bonds. The highest BCUT2D eigenvalue weighted by atomic mass is 16.3. The van der Waals surface area contributed by atoms with Crippen molar-refractivity contribution in [3.8, 4) is 0 Å². The van der Waals surface area contributed by atoms with Crippen molar-refractivity contribution in [1.82, 2.24) is 15.2 Å². The lowest BCUT2D eigenvalue weighted by Crippen LogP contribution is -2.38. The largest absolute Gasteiger partial charge is 0.459 e. The Morgan fingerprint density at radius 3 is 2.81 bits per heavy atom. The van der Waals surface area contributed by atoms with Crippen molar-refractivity contribution >= 4 is 16.9 Å². The number of nitrogens with one attached hydrogen (secondary N) is 1. The van der Waals surface area contributed by atoms with E-state index >= 15 is 0 Å². The zero-order valence-corrected chi connectivity index (χ0v) is 15.7. The fraction of sp³-hybridized carbons (Fsp3) is 0.333. The lowest BCUT2D eigenvalue weighted by Gasteiger charge is -2.21. The van der Waals surface area contributed by atoms with E-state index in [0.717, 1.165) is 47.9 Å². The monoisotopic (exact) mass is 350 g/mol. The SMILES string of the molecule is CCNC(=NCCc1ccc(C)nc1)N(C)Cc1cc2ccccc2o1. The Morgan fingerprint density at radius 1 is 1.23 bits per heavy atom. The molecule has 0 bridgehead atoms. The van der Waals surface area contributed by atoms with E-state index in [1.165, 1.54) is 5.56 Å². The molecule has 0 saturated heterocycles. The number of benzene rings is 1. The second kappa shape index (κ2) is 8.52. The van der Waals surface area contributed by atoms with Crippen LogP contribution >= 0.6 is 0 Å². The van der Waals surface area contributed by atoms with Crippen molar-refractivity contribution in [2.75, 3.05) is 20.1 Å². The van der Waals surface area contributed by atoms with Gasteiger partial charge in [-0.05, 0) is 44.0 Å². The molecule has 2 aromatic heterocycles. The lowest BCUT2D eigenvalue weighted by atomic mass is 10.2. The quantitative estimate of drug-likeness (QED) is 0.543. The summed E-state index contributed by atoms with van der Waals surface area (Å²) in [5.74, 6) is 1.81. The summed E-state index contributed by atoms with van der Waals surface area (Å²) in [5.41, 5.74) is 3.16. The first kappa shape index (κ1) is 18.0. The molecule has 1 N–H and O–H groups in total. The van der Waals surface area contributed by atoms with Gasteiger partial charge >= 0.3 is 0 Å². The summed E-state index contributed by atoms with van der Waals surface area (Å²) >= 11 is 0. The van der Waals surface area contributed by atoms with Crippen molar-refractivity contribution in [1.29, 1.82) is 0 Å². The van der Waals surface area contributed by atoms with Gasteiger partial charge in [0.05, 0.1) is 6.54 Å². The van der Waals surface area contributed by atoms with Gasteiger partial charge in [-0.15, -0.1) is 0 Å². The molecule has 2 heterocycles. The van der Waals surface area contributed by atoms with Gasteiger partial charge in [-0.2, -0.15) is 0 Å². The van der Waals surface area contributed by atoms with Crippen LogP contribution in [-0.4, -0.2) is 36.0 Å². The Hall–Kier alpha value is -2.82. The number of aliphatic imine (C=N–C) groups is 1. The van der Waals surface area contributed by atoms with Gasteiger partial charge < -0.3 is 14.6 Å². The number of aromatic nitrogens is 1. The first-order valence-electron chi connectivity index (χ1n) is 9.04. The van der Waals surface area contributed by atoms with Gasteiger partial charge in [0, 0.05) is 37.4 Å². The Labute approximate surface area is 154 Å². The average molecular weight is 350 g/mol. The minimum Gasteiger partial charge on any atom is -0.459 e. The second-order valence-corrected chi connectivity index (χ2v) is 6.40. The van der Waals surface area contributed by atoms with E-state index in [1.807, 2.05) is 44.4 Å². The highest BCUT2D eigenvalue weighted by molar-refractivity contribution is 5.80. The first-order valence-corrected chi connectivity index (χ1v) is 9.04. The number of nitrogens with zero attached hydrogens (tertiary/aromatic N) is 3. The molecule has 3 rings (SSSR count). The third-order valence-electron chi connectivity index (χ3n) is 4.20. The van der Waals surface area contributed by atoms with Crippen molar-refractivity contribution in [2.24, 2.45) is 4.99 Å². The van der Waals surface area contributed by atoms with E-state index in [9.17, 15) is 0 Å². The molecule has 5 nitrogen and oxygen atoms in total. The van der Waals surface area contributed by atoms with Crippen LogP contribution in [0.15, 0.2) is 58.1 Å². The number of aryl methyl sites for hydroxylation is 1. The molecule has 0 saturated carbocycles. The lowest BCUT2D eigenvalue weighted by molar-refractivity contribution is 0.412. The zero-order chi connectivity index (χ0) is 18.4. The summed E-state index contributed by atoms with van der Waals surface area (Å²) < 4.78 is 5.92. The normalized spacial score (nSPS) is 11.7. The van der Waals surface area contributed by atoms with Crippen LogP contribution in [0, 0.1) is 6.92 Å². The number of rotatable bonds is 6. The number of hydrogen-bond donors (Lipinski definition) is 1. The van der Waals surface area contributed by atoms with Crippen LogP contribution in [0.2, 0.25) is 0 Å². The molecule has 3 aromatic rings. The minimum absolute atomic E-state index is 0.673. The van der Waals surface area contributed by atoms with Gasteiger partial charge in [0.1, 0.15) is 11.3 Å². The first-order chi connectivity index (χ1) is 12.7. The van der Waals surface area contributed by atoms with Crippen molar-refractivity contribution in [2.45, 2.75) is 26.8 Å². The third kappa shape index (κ3) is 4.63. The molecule has 0 aliphatic rings. The summed E-state index contributed by atoms with van der Waals surface area (Å²) in [6, 6.07) is 14.3. The van der Waals surface area contributed by atoms with Crippen LogP contribution < -0.4 is 5.32 Å². The molecule has 0 unspecified atom stereocenters. The average Bonchev–Trinajstić information content (AvgIpc) is 3.04. The molecule has 5 heteroatoms. The second-order valence-electron chi connectivity index (χ2n) is 6.40. The predicted molar refractivity (Wildman–Crippen MR) is 106 cm³/mol. The highest BCUT2D eigenvalue weighted by Gasteiger charge is 2.10. The Bertz CT molecular complexity index is 834. The van der Waals surface area contributed by atoms with Crippen molar-refractivity contribution < 1.29 is 4.42 Å². The minimum atomic E-state index is 0.673. The van der Waals surface area contributed by atoms with E-state index in [0.29, 0.717) is 6.54 Å².